The molecule has 15 heavy (non-hydrogen) atoms. The van der Waals surface area contributed by atoms with E-state index in [9.17, 15) is 19.8 Å². The van der Waals surface area contributed by atoms with Crippen LogP contribution >= 0.6 is 11.3 Å². The zero-order valence-electron chi connectivity index (χ0n) is 8.01. The third-order valence-electron chi connectivity index (χ3n) is 1.86. The Hall–Kier alpha value is -1.24. The number of carbonyl (C=O) groups excluding carboxylic acids is 2. The maximum absolute atomic E-state index is 11.0. The third-order valence-corrected chi connectivity index (χ3v) is 3.11. The summed E-state index contributed by atoms with van der Waals surface area (Å²) in [7, 11) is 0. The first-order chi connectivity index (χ1) is 6.93. The van der Waals surface area contributed by atoms with Crippen LogP contribution in [0, 0.1) is 0 Å². The normalized spacial score (nSPS) is 14.6. The fourth-order valence-corrected chi connectivity index (χ4v) is 1.93. The van der Waals surface area contributed by atoms with Crippen molar-refractivity contribution in [2.75, 3.05) is 0 Å². The molecule has 1 rings (SSSR count). The number of aliphatic hydroxyl groups excluding tert-OH is 2. The SMILES string of the molecule is CC(=O)c1ccc(C(O)C(O)C(N)=O)s1. The highest BCUT2D eigenvalue weighted by atomic mass is 32.1. The van der Waals surface area contributed by atoms with Gasteiger partial charge in [-0.3, -0.25) is 9.59 Å². The maximum Gasteiger partial charge on any atom is 0.249 e. The Kier molecular flexibility index (Phi) is 3.57. The summed E-state index contributed by atoms with van der Waals surface area (Å²) < 4.78 is 0. The van der Waals surface area contributed by atoms with Gasteiger partial charge in [0.05, 0.1) is 4.88 Å². The summed E-state index contributed by atoms with van der Waals surface area (Å²) in [6.45, 7) is 1.40. The number of carbonyl (C=O) groups is 2. The van der Waals surface area contributed by atoms with Crippen LogP contribution < -0.4 is 5.73 Å². The number of thiophene rings is 1. The summed E-state index contributed by atoms with van der Waals surface area (Å²) in [6, 6.07) is 3.01. The van der Waals surface area contributed by atoms with E-state index >= 15 is 0 Å². The minimum absolute atomic E-state index is 0.132. The molecule has 0 aliphatic heterocycles. The van der Waals surface area contributed by atoms with Gasteiger partial charge in [0.2, 0.25) is 5.91 Å². The molecule has 1 heterocycles. The zero-order chi connectivity index (χ0) is 11.6. The molecule has 0 bridgehead atoms. The molecule has 2 atom stereocenters. The predicted octanol–water partition coefficient (Wildman–Crippen LogP) is -0.170. The summed E-state index contributed by atoms with van der Waals surface area (Å²) in [5.41, 5.74) is 4.83. The molecular weight excluding hydrogens is 218 g/mol. The lowest BCUT2D eigenvalue weighted by Gasteiger charge is -2.12. The van der Waals surface area contributed by atoms with Gasteiger partial charge in [0.15, 0.2) is 11.9 Å². The van der Waals surface area contributed by atoms with Crippen molar-refractivity contribution >= 4 is 23.0 Å². The van der Waals surface area contributed by atoms with E-state index in [4.69, 9.17) is 5.73 Å². The number of rotatable bonds is 4. The van der Waals surface area contributed by atoms with E-state index in [1.165, 1.54) is 19.1 Å². The van der Waals surface area contributed by atoms with Crippen LogP contribution in [0.4, 0.5) is 0 Å². The highest BCUT2D eigenvalue weighted by Crippen LogP contribution is 2.25. The Balaban J connectivity index is 2.87. The standard InChI is InChI=1S/C9H11NO4S/c1-4(11)5-2-3-6(15-5)7(12)8(13)9(10)14/h2-3,7-8,12-13H,1H3,(H2,10,14). The second-order valence-corrected chi connectivity index (χ2v) is 4.17. The van der Waals surface area contributed by atoms with Crippen molar-refractivity contribution in [1.82, 2.24) is 0 Å². The Morgan fingerprint density at radius 2 is 2.00 bits per heavy atom. The number of Topliss-reactive ketones (excluding diaryl/α,β-unsaturated/α-hetero) is 1. The van der Waals surface area contributed by atoms with E-state index in [0.717, 1.165) is 11.3 Å². The van der Waals surface area contributed by atoms with Crippen LogP contribution in [0.25, 0.3) is 0 Å². The second kappa shape index (κ2) is 4.52. The number of hydrogen-bond acceptors (Lipinski definition) is 5. The number of amides is 1. The van der Waals surface area contributed by atoms with Crippen LogP contribution in [0.1, 0.15) is 27.6 Å². The van der Waals surface area contributed by atoms with Crippen molar-refractivity contribution < 1.29 is 19.8 Å². The Bertz CT molecular complexity index is 387. The first kappa shape index (κ1) is 11.8. The fourth-order valence-electron chi connectivity index (χ4n) is 1.01. The highest BCUT2D eigenvalue weighted by Gasteiger charge is 2.25. The average molecular weight is 229 g/mol. The van der Waals surface area contributed by atoms with Crippen molar-refractivity contribution in [2.24, 2.45) is 5.73 Å². The number of aliphatic hydroxyl groups is 2. The number of nitrogens with two attached hydrogens (primary N) is 1. The van der Waals surface area contributed by atoms with Gasteiger partial charge >= 0.3 is 0 Å². The van der Waals surface area contributed by atoms with Crippen molar-refractivity contribution in [3.63, 3.8) is 0 Å². The molecule has 82 valence electrons. The van der Waals surface area contributed by atoms with Crippen LogP contribution in [0.15, 0.2) is 12.1 Å². The van der Waals surface area contributed by atoms with Gasteiger partial charge in [0, 0.05) is 4.88 Å². The first-order valence-electron chi connectivity index (χ1n) is 4.19. The molecule has 0 aromatic carbocycles. The summed E-state index contributed by atoms with van der Waals surface area (Å²) in [5, 5.41) is 18.7. The molecule has 1 amide bonds. The molecule has 0 fully saturated rings. The summed E-state index contributed by atoms with van der Waals surface area (Å²) in [4.78, 5) is 22.4. The van der Waals surface area contributed by atoms with Gasteiger partial charge in [0.1, 0.15) is 6.10 Å². The molecule has 0 saturated heterocycles. The molecule has 0 spiro atoms. The Labute approximate surface area is 90.1 Å². The van der Waals surface area contributed by atoms with Crippen molar-refractivity contribution in [3.8, 4) is 0 Å². The third kappa shape index (κ3) is 2.62. The van der Waals surface area contributed by atoms with Crippen LogP contribution in [0.3, 0.4) is 0 Å². The molecule has 5 nitrogen and oxygen atoms in total. The molecule has 1 aromatic heterocycles. The van der Waals surface area contributed by atoms with E-state index in [2.05, 4.69) is 0 Å². The van der Waals surface area contributed by atoms with Crippen molar-refractivity contribution in [1.29, 1.82) is 0 Å². The topological polar surface area (TPSA) is 101 Å². The van der Waals surface area contributed by atoms with Gasteiger partial charge in [0.25, 0.3) is 0 Å². The van der Waals surface area contributed by atoms with Gasteiger partial charge in [-0.25, -0.2) is 0 Å². The number of hydrogen-bond donors (Lipinski definition) is 3. The molecule has 1 aromatic rings. The summed E-state index contributed by atoms with van der Waals surface area (Å²) in [5.74, 6) is -1.13. The highest BCUT2D eigenvalue weighted by molar-refractivity contribution is 7.14. The van der Waals surface area contributed by atoms with Crippen LogP contribution in [0.2, 0.25) is 0 Å². The zero-order valence-corrected chi connectivity index (χ0v) is 8.82. The molecule has 0 radical (unpaired) electrons. The largest absolute Gasteiger partial charge is 0.384 e. The monoisotopic (exact) mass is 229 g/mol. The van der Waals surface area contributed by atoms with E-state index < -0.39 is 18.1 Å². The van der Waals surface area contributed by atoms with Gasteiger partial charge in [-0.2, -0.15) is 0 Å². The lowest BCUT2D eigenvalue weighted by atomic mass is 10.1. The lowest BCUT2D eigenvalue weighted by Crippen LogP contribution is -2.33. The van der Waals surface area contributed by atoms with Crippen LogP contribution in [-0.2, 0) is 4.79 Å². The molecule has 0 aliphatic rings. The minimum atomic E-state index is -1.65. The Morgan fingerprint density at radius 1 is 1.40 bits per heavy atom. The average Bonchev–Trinajstić information content (AvgIpc) is 2.64. The maximum atomic E-state index is 11.0. The molecule has 0 saturated carbocycles. The van der Waals surface area contributed by atoms with E-state index in [1.54, 1.807) is 0 Å². The molecular formula is C9H11NO4S. The Morgan fingerprint density at radius 3 is 2.40 bits per heavy atom. The number of primary amides is 1. The minimum Gasteiger partial charge on any atom is -0.384 e. The van der Waals surface area contributed by atoms with Gasteiger partial charge in [-0.15, -0.1) is 11.3 Å². The van der Waals surface area contributed by atoms with Crippen LogP contribution in [0.5, 0.6) is 0 Å². The van der Waals surface area contributed by atoms with E-state index in [-0.39, 0.29) is 5.78 Å². The van der Waals surface area contributed by atoms with Crippen molar-refractivity contribution in [2.45, 2.75) is 19.1 Å². The predicted molar refractivity (Wildman–Crippen MR) is 54.5 cm³/mol. The van der Waals surface area contributed by atoms with Gasteiger partial charge < -0.3 is 15.9 Å². The van der Waals surface area contributed by atoms with E-state index in [1.807, 2.05) is 0 Å². The van der Waals surface area contributed by atoms with Crippen molar-refractivity contribution in [3.05, 3.63) is 21.9 Å². The number of ketones is 1. The van der Waals surface area contributed by atoms with Gasteiger partial charge in [-0.05, 0) is 19.1 Å². The lowest BCUT2D eigenvalue weighted by molar-refractivity contribution is -0.131. The summed E-state index contributed by atoms with van der Waals surface area (Å²) in [6.07, 6.45) is -3.02. The molecule has 2 unspecified atom stereocenters. The molecule has 4 N–H and O–H groups in total. The quantitative estimate of drug-likeness (QED) is 0.624. The molecule has 6 heteroatoms. The molecule has 0 aliphatic carbocycles. The first-order valence-corrected chi connectivity index (χ1v) is 5.01. The summed E-state index contributed by atoms with van der Waals surface area (Å²) >= 11 is 1.03. The van der Waals surface area contributed by atoms with Gasteiger partial charge in [-0.1, -0.05) is 0 Å². The smallest absolute Gasteiger partial charge is 0.249 e. The van der Waals surface area contributed by atoms with Crippen LogP contribution in [-0.4, -0.2) is 28.0 Å². The second-order valence-electron chi connectivity index (χ2n) is 3.05. The van der Waals surface area contributed by atoms with E-state index in [0.29, 0.717) is 9.75 Å². The fraction of sp³-hybridized carbons (Fsp3) is 0.333.